The van der Waals surface area contributed by atoms with Crippen LogP contribution in [0.2, 0.25) is 0 Å². The fourth-order valence-corrected chi connectivity index (χ4v) is 3.23. The zero-order valence-electron chi connectivity index (χ0n) is 16.7. The maximum atomic E-state index is 12.4. The molecule has 2 amide bonds. The Morgan fingerprint density at radius 1 is 1.14 bits per heavy atom. The highest BCUT2D eigenvalue weighted by Gasteiger charge is 2.36. The Kier molecular flexibility index (Phi) is 6.16. The van der Waals surface area contributed by atoms with Gasteiger partial charge in [-0.15, -0.1) is 0 Å². The standard InChI is InChI=1S/C22H24N2O5/c1-14-4-5-15(2)19(10-14)24-12-16(11-21(24)26)22(27)29-13-20(25)23-17-6-8-18(28-3)9-7-17/h4-10,16H,11-13H2,1-3H3,(H,23,25)/t16-/m0/s1. The van der Waals surface area contributed by atoms with Gasteiger partial charge in [-0.1, -0.05) is 12.1 Å². The molecule has 0 unspecified atom stereocenters. The van der Waals surface area contributed by atoms with Crippen molar-refractivity contribution in [1.82, 2.24) is 0 Å². The lowest BCUT2D eigenvalue weighted by Gasteiger charge is -2.19. The average Bonchev–Trinajstić information content (AvgIpc) is 3.10. The average molecular weight is 396 g/mol. The van der Waals surface area contributed by atoms with E-state index in [1.165, 1.54) is 0 Å². The van der Waals surface area contributed by atoms with Gasteiger partial charge in [0.25, 0.3) is 5.91 Å². The third-order valence-electron chi connectivity index (χ3n) is 4.83. The van der Waals surface area contributed by atoms with Gasteiger partial charge < -0.3 is 19.7 Å². The first-order valence-corrected chi connectivity index (χ1v) is 9.35. The smallest absolute Gasteiger partial charge is 0.311 e. The summed E-state index contributed by atoms with van der Waals surface area (Å²) in [7, 11) is 1.56. The molecule has 1 aliphatic heterocycles. The number of carbonyl (C=O) groups excluding carboxylic acids is 3. The fraction of sp³-hybridized carbons (Fsp3) is 0.318. The number of methoxy groups -OCH3 is 1. The van der Waals surface area contributed by atoms with E-state index >= 15 is 0 Å². The minimum atomic E-state index is -0.587. The lowest BCUT2D eigenvalue weighted by atomic mass is 10.1. The van der Waals surface area contributed by atoms with Gasteiger partial charge in [-0.3, -0.25) is 14.4 Å². The number of hydrogen-bond acceptors (Lipinski definition) is 5. The van der Waals surface area contributed by atoms with Gasteiger partial charge in [0.05, 0.1) is 13.0 Å². The van der Waals surface area contributed by atoms with Gasteiger partial charge in [0.2, 0.25) is 5.91 Å². The van der Waals surface area contributed by atoms with Crippen LogP contribution in [-0.2, 0) is 19.1 Å². The molecule has 1 fully saturated rings. The molecular weight excluding hydrogens is 372 g/mol. The number of amides is 2. The van der Waals surface area contributed by atoms with Gasteiger partial charge in [-0.25, -0.2) is 0 Å². The van der Waals surface area contributed by atoms with Gasteiger partial charge in [0.1, 0.15) is 5.75 Å². The second-order valence-corrected chi connectivity index (χ2v) is 7.08. The fourth-order valence-electron chi connectivity index (χ4n) is 3.23. The Hall–Kier alpha value is -3.35. The second kappa shape index (κ2) is 8.77. The van der Waals surface area contributed by atoms with E-state index in [0.29, 0.717) is 11.4 Å². The van der Waals surface area contributed by atoms with Crippen LogP contribution in [0.25, 0.3) is 0 Å². The van der Waals surface area contributed by atoms with Crippen LogP contribution in [0.15, 0.2) is 42.5 Å². The van der Waals surface area contributed by atoms with Gasteiger partial charge >= 0.3 is 5.97 Å². The predicted octanol–water partition coefficient (Wildman–Crippen LogP) is 2.85. The maximum Gasteiger partial charge on any atom is 0.311 e. The highest BCUT2D eigenvalue weighted by Crippen LogP contribution is 2.29. The first-order valence-electron chi connectivity index (χ1n) is 9.35. The number of benzene rings is 2. The minimum Gasteiger partial charge on any atom is -0.497 e. The summed E-state index contributed by atoms with van der Waals surface area (Å²) in [4.78, 5) is 38.4. The van der Waals surface area contributed by atoms with Crippen molar-refractivity contribution < 1.29 is 23.9 Å². The molecule has 0 saturated carbocycles. The van der Waals surface area contributed by atoms with E-state index < -0.39 is 24.4 Å². The topological polar surface area (TPSA) is 84.9 Å². The van der Waals surface area contributed by atoms with E-state index in [2.05, 4.69) is 5.32 Å². The number of carbonyl (C=O) groups is 3. The lowest BCUT2D eigenvalue weighted by Crippen LogP contribution is -2.28. The van der Waals surface area contributed by atoms with Crippen molar-refractivity contribution in [2.24, 2.45) is 5.92 Å². The van der Waals surface area contributed by atoms with Crippen LogP contribution in [-0.4, -0.2) is 38.0 Å². The van der Waals surface area contributed by atoms with Gasteiger partial charge in [0.15, 0.2) is 6.61 Å². The third kappa shape index (κ3) is 4.93. The molecule has 7 heteroatoms. The van der Waals surface area contributed by atoms with Crippen LogP contribution in [0.1, 0.15) is 17.5 Å². The normalized spacial score (nSPS) is 15.9. The summed E-state index contributed by atoms with van der Waals surface area (Å²) in [5, 5.41) is 2.65. The summed E-state index contributed by atoms with van der Waals surface area (Å²) in [6.07, 6.45) is 0.0757. The molecule has 0 aliphatic carbocycles. The second-order valence-electron chi connectivity index (χ2n) is 7.08. The summed E-state index contributed by atoms with van der Waals surface area (Å²) in [6.45, 7) is 3.73. The van der Waals surface area contributed by atoms with Crippen LogP contribution in [0.4, 0.5) is 11.4 Å². The summed E-state index contributed by atoms with van der Waals surface area (Å²) in [5.74, 6) is -1.02. The molecule has 1 saturated heterocycles. The molecule has 0 radical (unpaired) electrons. The zero-order chi connectivity index (χ0) is 21.0. The number of nitrogens with one attached hydrogen (secondary N) is 1. The molecule has 3 rings (SSSR count). The molecule has 1 aliphatic rings. The number of hydrogen-bond donors (Lipinski definition) is 1. The van der Waals surface area contributed by atoms with Crippen LogP contribution in [0.5, 0.6) is 5.75 Å². The summed E-state index contributed by atoms with van der Waals surface area (Å²) in [6, 6.07) is 12.7. The minimum absolute atomic E-state index is 0.0757. The largest absolute Gasteiger partial charge is 0.497 e. The molecule has 1 atom stereocenters. The van der Waals surface area contributed by atoms with Gasteiger partial charge in [0, 0.05) is 24.3 Å². The highest BCUT2D eigenvalue weighted by molar-refractivity contribution is 6.00. The quantitative estimate of drug-likeness (QED) is 0.759. The Balaban J connectivity index is 1.53. The molecule has 0 bridgehead atoms. The molecule has 1 N–H and O–H groups in total. The van der Waals surface area contributed by atoms with Crippen molar-refractivity contribution in [3.63, 3.8) is 0 Å². The Morgan fingerprint density at radius 2 is 1.86 bits per heavy atom. The molecule has 0 aromatic heterocycles. The summed E-state index contributed by atoms with van der Waals surface area (Å²) in [5.41, 5.74) is 3.39. The van der Waals surface area contributed by atoms with Crippen molar-refractivity contribution in [2.75, 3.05) is 30.5 Å². The zero-order valence-corrected chi connectivity index (χ0v) is 16.7. The summed E-state index contributed by atoms with van der Waals surface area (Å²) < 4.78 is 10.2. The van der Waals surface area contributed by atoms with Crippen molar-refractivity contribution in [3.05, 3.63) is 53.6 Å². The number of rotatable bonds is 6. The molecule has 1 heterocycles. The van der Waals surface area contributed by atoms with Crippen molar-refractivity contribution in [1.29, 1.82) is 0 Å². The first kappa shape index (κ1) is 20.4. The maximum absolute atomic E-state index is 12.4. The van der Waals surface area contributed by atoms with Crippen LogP contribution < -0.4 is 15.0 Å². The Labute approximate surface area is 169 Å². The molecule has 152 valence electrons. The van der Waals surface area contributed by atoms with E-state index in [1.807, 2.05) is 32.0 Å². The number of esters is 1. The van der Waals surface area contributed by atoms with E-state index in [-0.39, 0.29) is 18.9 Å². The molecule has 2 aromatic rings. The van der Waals surface area contributed by atoms with E-state index in [4.69, 9.17) is 9.47 Å². The Morgan fingerprint density at radius 3 is 2.55 bits per heavy atom. The van der Waals surface area contributed by atoms with Crippen LogP contribution >= 0.6 is 0 Å². The van der Waals surface area contributed by atoms with Crippen LogP contribution in [0, 0.1) is 19.8 Å². The molecule has 2 aromatic carbocycles. The van der Waals surface area contributed by atoms with E-state index in [0.717, 1.165) is 16.8 Å². The first-order chi connectivity index (χ1) is 13.9. The van der Waals surface area contributed by atoms with Gasteiger partial charge in [-0.2, -0.15) is 0 Å². The number of aryl methyl sites for hydroxylation is 2. The monoisotopic (exact) mass is 396 g/mol. The molecule has 7 nitrogen and oxygen atoms in total. The van der Waals surface area contributed by atoms with Crippen molar-refractivity contribution in [2.45, 2.75) is 20.3 Å². The molecule has 0 spiro atoms. The van der Waals surface area contributed by atoms with Crippen LogP contribution in [0.3, 0.4) is 0 Å². The molecule has 29 heavy (non-hydrogen) atoms. The SMILES string of the molecule is COc1ccc(NC(=O)COC(=O)[C@H]2CC(=O)N(c3cc(C)ccc3C)C2)cc1. The molecular formula is C22H24N2O5. The number of anilines is 2. The number of ether oxygens (including phenoxy) is 2. The van der Waals surface area contributed by atoms with Crippen molar-refractivity contribution >= 4 is 29.2 Å². The Bertz CT molecular complexity index is 923. The van der Waals surface area contributed by atoms with Gasteiger partial charge in [-0.05, 0) is 55.3 Å². The van der Waals surface area contributed by atoms with E-state index in [1.54, 1.807) is 36.3 Å². The van der Waals surface area contributed by atoms with Crippen molar-refractivity contribution in [3.8, 4) is 5.75 Å². The lowest BCUT2D eigenvalue weighted by molar-refractivity contribution is -0.151. The third-order valence-corrected chi connectivity index (χ3v) is 4.83. The number of nitrogens with zero attached hydrogens (tertiary/aromatic N) is 1. The van der Waals surface area contributed by atoms with E-state index in [9.17, 15) is 14.4 Å². The highest BCUT2D eigenvalue weighted by atomic mass is 16.5. The predicted molar refractivity (Wildman–Crippen MR) is 109 cm³/mol. The summed E-state index contributed by atoms with van der Waals surface area (Å²) >= 11 is 0.